The smallest absolute Gasteiger partial charge is 0.0991 e. The average Bonchev–Trinajstić information content (AvgIpc) is 2.83. The van der Waals surface area contributed by atoms with Crippen LogP contribution < -0.4 is 4.90 Å². The van der Waals surface area contributed by atoms with E-state index in [0.29, 0.717) is 5.56 Å². The Morgan fingerprint density at radius 2 is 1.74 bits per heavy atom. The van der Waals surface area contributed by atoms with Gasteiger partial charge in [0.2, 0.25) is 0 Å². The summed E-state index contributed by atoms with van der Waals surface area (Å²) in [6, 6.07) is 18.1. The van der Waals surface area contributed by atoms with E-state index in [-0.39, 0.29) is 0 Å². The summed E-state index contributed by atoms with van der Waals surface area (Å²) in [7, 11) is 0. The maximum absolute atomic E-state index is 8.90. The van der Waals surface area contributed by atoms with Gasteiger partial charge in [0.1, 0.15) is 0 Å². The van der Waals surface area contributed by atoms with Crippen LogP contribution in [0.3, 0.4) is 0 Å². The SMILES string of the molecule is N#Cc1ccc(N2CCCN(Cc3ccccc3Cl)CC2)cc1. The number of nitriles is 1. The Morgan fingerprint density at radius 3 is 2.48 bits per heavy atom. The van der Waals surface area contributed by atoms with Crippen molar-refractivity contribution in [3.05, 3.63) is 64.7 Å². The molecule has 3 nitrogen and oxygen atoms in total. The second-order valence-corrected chi connectivity index (χ2v) is 6.27. The summed E-state index contributed by atoms with van der Waals surface area (Å²) >= 11 is 6.27. The van der Waals surface area contributed by atoms with Gasteiger partial charge in [-0.2, -0.15) is 5.26 Å². The normalized spacial score (nSPS) is 15.9. The highest BCUT2D eigenvalue weighted by molar-refractivity contribution is 6.31. The minimum absolute atomic E-state index is 0.712. The highest BCUT2D eigenvalue weighted by atomic mass is 35.5. The summed E-state index contributed by atoms with van der Waals surface area (Å²) in [6.07, 6.45) is 1.13. The molecule has 1 saturated heterocycles. The number of anilines is 1. The van der Waals surface area contributed by atoms with Crippen molar-refractivity contribution in [3.8, 4) is 6.07 Å². The molecule has 0 unspecified atom stereocenters. The molecule has 0 N–H and O–H groups in total. The lowest BCUT2D eigenvalue weighted by molar-refractivity contribution is 0.285. The van der Waals surface area contributed by atoms with Crippen LogP contribution in [0.4, 0.5) is 5.69 Å². The maximum Gasteiger partial charge on any atom is 0.0991 e. The highest BCUT2D eigenvalue weighted by Crippen LogP contribution is 2.20. The second-order valence-electron chi connectivity index (χ2n) is 5.87. The number of hydrogen-bond donors (Lipinski definition) is 0. The van der Waals surface area contributed by atoms with E-state index >= 15 is 0 Å². The van der Waals surface area contributed by atoms with Gasteiger partial charge in [-0.3, -0.25) is 4.90 Å². The van der Waals surface area contributed by atoms with E-state index in [2.05, 4.69) is 21.9 Å². The highest BCUT2D eigenvalue weighted by Gasteiger charge is 2.16. The van der Waals surface area contributed by atoms with Gasteiger partial charge in [-0.05, 0) is 42.3 Å². The number of benzene rings is 2. The Morgan fingerprint density at radius 1 is 0.957 bits per heavy atom. The Hall–Kier alpha value is -2.02. The number of rotatable bonds is 3. The first-order valence-corrected chi connectivity index (χ1v) is 8.35. The van der Waals surface area contributed by atoms with Gasteiger partial charge in [-0.1, -0.05) is 29.8 Å². The Balaban J connectivity index is 1.63. The van der Waals surface area contributed by atoms with E-state index in [1.807, 2.05) is 42.5 Å². The van der Waals surface area contributed by atoms with Gasteiger partial charge in [-0.25, -0.2) is 0 Å². The standard InChI is InChI=1S/C19H20ClN3/c20-19-5-2-1-4-17(19)15-22-10-3-11-23(13-12-22)18-8-6-16(14-21)7-9-18/h1-2,4-9H,3,10-13,15H2. The third-order valence-electron chi connectivity index (χ3n) is 4.30. The van der Waals surface area contributed by atoms with Crippen molar-refractivity contribution in [2.24, 2.45) is 0 Å². The van der Waals surface area contributed by atoms with Crippen LogP contribution in [0.5, 0.6) is 0 Å². The van der Waals surface area contributed by atoms with Crippen LogP contribution >= 0.6 is 11.6 Å². The lowest BCUT2D eigenvalue weighted by Gasteiger charge is -2.24. The van der Waals surface area contributed by atoms with Crippen LogP contribution in [0.15, 0.2) is 48.5 Å². The van der Waals surface area contributed by atoms with E-state index < -0.39 is 0 Å². The zero-order valence-electron chi connectivity index (χ0n) is 13.1. The molecule has 1 heterocycles. The fourth-order valence-electron chi connectivity index (χ4n) is 3.00. The summed E-state index contributed by atoms with van der Waals surface area (Å²) in [4.78, 5) is 4.86. The van der Waals surface area contributed by atoms with E-state index in [1.54, 1.807) is 0 Å². The summed E-state index contributed by atoms with van der Waals surface area (Å²) in [6.45, 7) is 5.05. The van der Waals surface area contributed by atoms with Crippen molar-refractivity contribution in [3.63, 3.8) is 0 Å². The van der Waals surface area contributed by atoms with Crippen LogP contribution in [-0.4, -0.2) is 31.1 Å². The van der Waals surface area contributed by atoms with E-state index in [9.17, 15) is 0 Å². The Bertz CT molecular complexity index is 691. The van der Waals surface area contributed by atoms with Crippen molar-refractivity contribution in [1.29, 1.82) is 5.26 Å². The first kappa shape index (κ1) is 15.9. The maximum atomic E-state index is 8.90. The molecule has 0 bridgehead atoms. The first-order chi connectivity index (χ1) is 11.3. The second kappa shape index (κ2) is 7.50. The van der Waals surface area contributed by atoms with E-state index in [0.717, 1.165) is 44.2 Å². The van der Waals surface area contributed by atoms with Crippen LogP contribution in [0.1, 0.15) is 17.5 Å². The van der Waals surface area contributed by atoms with Crippen molar-refractivity contribution in [2.45, 2.75) is 13.0 Å². The van der Waals surface area contributed by atoms with Crippen molar-refractivity contribution in [1.82, 2.24) is 4.90 Å². The fourth-order valence-corrected chi connectivity index (χ4v) is 3.20. The molecule has 3 rings (SSSR count). The molecule has 4 heteroatoms. The molecule has 1 aliphatic rings. The van der Waals surface area contributed by atoms with Crippen LogP contribution in [0.2, 0.25) is 5.02 Å². The fraction of sp³-hybridized carbons (Fsp3) is 0.316. The molecule has 0 aliphatic carbocycles. The molecule has 0 saturated carbocycles. The Kier molecular flexibility index (Phi) is 5.17. The molecule has 0 aromatic heterocycles. The van der Waals surface area contributed by atoms with E-state index in [4.69, 9.17) is 16.9 Å². The Labute approximate surface area is 142 Å². The lowest BCUT2D eigenvalue weighted by atomic mass is 10.2. The van der Waals surface area contributed by atoms with Gasteiger partial charge in [0.25, 0.3) is 0 Å². The van der Waals surface area contributed by atoms with Gasteiger partial charge in [0.15, 0.2) is 0 Å². The van der Waals surface area contributed by atoms with Gasteiger partial charge >= 0.3 is 0 Å². The van der Waals surface area contributed by atoms with Crippen LogP contribution in [-0.2, 0) is 6.54 Å². The van der Waals surface area contributed by atoms with Crippen molar-refractivity contribution < 1.29 is 0 Å². The lowest BCUT2D eigenvalue weighted by Crippen LogP contribution is -2.30. The molecule has 0 spiro atoms. The largest absolute Gasteiger partial charge is 0.370 e. The molecular weight excluding hydrogens is 306 g/mol. The molecule has 23 heavy (non-hydrogen) atoms. The minimum Gasteiger partial charge on any atom is -0.370 e. The predicted octanol–water partition coefficient (Wildman–Crippen LogP) is 3.92. The third-order valence-corrected chi connectivity index (χ3v) is 4.67. The predicted molar refractivity (Wildman–Crippen MR) is 94.7 cm³/mol. The minimum atomic E-state index is 0.712. The van der Waals surface area contributed by atoms with Crippen LogP contribution in [0.25, 0.3) is 0 Å². The van der Waals surface area contributed by atoms with Crippen molar-refractivity contribution in [2.75, 3.05) is 31.1 Å². The van der Waals surface area contributed by atoms with Gasteiger partial charge < -0.3 is 4.90 Å². The van der Waals surface area contributed by atoms with Crippen LogP contribution in [0, 0.1) is 11.3 Å². The van der Waals surface area contributed by atoms with Gasteiger partial charge in [0.05, 0.1) is 11.6 Å². The molecular formula is C19H20ClN3. The molecule has 2 aromatic carbocycles. The molecule has 2 aromatic rings. The number of halogens is 1. The quantitative estimate of drug-likeness (QED) is 0.856. The first-order valence-electron chi connectivity index (χ1n) is 7.97. The molecule has 0 atom stereocenters. The summed E-state index contributed by atoms with van der Waals surface area (Å²) in [5.74, 6) is 0. The van der Waals surface area contributed by atoms with E-state index in [1.165, 1.54) is 11.3 Å². The zero-order valence-corrected chi connectivity index (χ0v) is 13.8. The zero-order chi connectivity index (χ0) is 16.1. The molecule has 1 aliphatic heterocycles. The van der Waals surface area contributed by atoms with Gasteiger partial charge in [0, 0.05) is 43.4 Å². The van der Waals surface area contributed by atoms with Crippen molar-refractivity contribution >= 4 is 17.3 Å². The summed E-state index contributed by atoms with van der Waals surface area (Å²) in [5.41, 5.74) is 3.11. The topological polar surface area (TPSA) is 30.3 Å². The monoisotopic (exact) mass is 325 g/mol. The summed E-state index contributed by atoms with van der Waals surface area (Å²) < 4.78 is 0. The molecule has 0 radical (unpaired) electrons. The molecule has 0 amide bonds. The molecule has 118 valence electrons. The summed E-state index contributed by atoms with van der Waals surface area (Å²) in [5, 5.41) is 9.75. The average molecular weight is 326 g/mol. The number of hydrogen-bond acceptors (Lipinski definition) is 3. The van der Waals surface area contributed by atoms with Gasteiger partial charge in [-0.15, -0.1) is 0 Å². The number of nitrogens with zero attached hydrogens (tertiary/aromatic N) is 3. The third kappa shape index (κ3) is 4.04. The molecule has 1 fully saturated rings.